The number of hydrogen-bond donors (Lipinski definition) is 1. The Kier molecular flexibility index (Phi) is 5.76. The monoisotopic (exact) mass is 364 g/mol. The largest absolute Gasteiger partial charge is 0.545 e. The normalized spacial score (nSPS) is 14.4. The third-order valence-corrected chi connectivity index (χ3v) is 4.52. The third kappa shape index (κ3) is 5.10. The minimum Gasteiger partial charge on any atom is -0.545 e. The van der Waals surface area contributed by atoms with Gasteiger partial charge in [0, 0.05) is 49.3 Å². The van der Waals surface area contributed by atoms with Gasteiger partial charge in [-0.25, -0.2) is 0 Å². The average Bonchev–Trinajstić information content (AvgIpc) is 2.67. The predicted octanol–water partition coefficient (Wildman–Crippen LogP) is 1.57. The quantitative estimate of drug-likeness (QED) is 0.815. The van der Waals surface area contributed by atoms with Crippen LogP contribution in [0.25, 0.3) is 0 Å². The van der Waals surface area contributed by atoms with E-state index in [-0.39, 0.29) is 0 Å². The highest BCUT2D eigenvalue weighted by Gasteiger charge is 2.17. The molecule has 1 N–H and O–H groups in total. The maximum Gasteiger partial charge on any atom is 0.248 e. The fourth-order valence-corrected chi connectivity index (χ4v) is 3.13. The Morgan fingerprint density at radius 2 is 1.56 bits per heavy atom. The molecule has 0 aromatic heterocycles. The topological polar surface area (TPSA) is 75.7 Å². The summed E-state index contributed by atoms with van der Waals surface area (Å²) < 4.78 is 0. The minimum atomic E-state index is -1.40. The zero-order valence-electron chi connectivity index (χ0n) is 15.2. The van der Waals surface area contributed by atoms with Crippen molar-refractivity contribution in [3.05, 3.63) is 66.2 Å². The Bertz CT molecular complexity index is 838. The van der Waals surface area contributed by atoms with Crippen molar-refractivity contribution in [2.45, 2.75) is 6.92 Å². The van der Waals surface area contributed by atoms with E-state index in [4.69, 9.17) is 0 Å². The lowest BCUT2D eigenvalue weighted by Gasteiger charge is -2.37. The molecule has 1 saturated heterocycles. The van der Waals surface area contributed by atoms with E-state index < -0.39 is 11.9 Å². The van der Waals surface area contributed by atoms with Gasteiger partial charge in [-0.1, -0.05) is 12.1 Å². The molecule has 6 nitrogen and oxygen atoms in total. The van der Waals surface area contributed by atoms with Gasteiger partial charge in [-0.05, 0) is 55.0 Å². The number of anilines is 3. The van der Waals surface area contributed by atoms with E-state index in [1.165, 1.54) is 11.3 Å². The number of amides is 1. The second-order valence-corrected chi connectivity index (χ2v) is 6.50. The Hall–Kier alpha value is -3.28. The SMILES string of the molecule is Cc1cccc(N2CCN(c3ccc(NC(=O)/C=C\C(=O)[O-])cc3)CC2)c1. The van der Waals surface area contributed by atoms with Gasteiger partial charge in [-0.2, -0.15) is 0 Å². The lowest BCUT2D eigenvalue weighted by atomic mass is 10.1. The molecule has 2 aromatic carbocycles. The number of benzene rings is 2. The lowest BCUT2D eigenvalue weighted by molar-refractivity contribution is -0.297. The van der Waals surface area contributed by atoms with Crippen molar-refractivity contribution in [3.63, 3.8) is 0 Å². The van der Waals surface area contributed by atoms with E-state index in [9.17, 15) is 14.7 Å². The molecule has 0 bridgehead atoms. The first-order valence-corrected chi connectivity index (χ1v) is 8.88. The van der Waals surface area contributed by atoms with Crippen molar-refractivity contribution in [3.8, 4) is 0 Å². The number of carbonyl (C=O) groups is 2. The predicted molar refractivity (Wildman–Crippen MR) is 105 cm³/mol. The highest BCUT2D eigenvalue weighted by molar-refractivity contribution is 6.02. The van der Waals surface area contributed by atoms with Gasteiger partial charge in [-0.15, -0.1) is 0 Å². The van der Waals surface area contributed by atoms with E-state index >= 15 is 0 Å². The van der Waals surface area contributed by atoms with Crippen LogP contribution in [-0.4, -0.2) is 38.1 Å². The van der Waals surface area contributed by atoms with Gasteiger partial charge in [0.1, 0.15) is 0 Å². The number of rotatable bonds is 5. The van der Waals surface area contributed by atoms with Crippen LogP contribution in [0.1, 0.15) is 5.56 Å². The summed E-state index contributed by atoms with van der Waals surface area (Å²) in [6.07, 6.45) is 1.64. The molecule has 0 atom stereocenters. The number of carboxylic acids is 1. The van der Waals surface area contributed by atoms with E-state index in [2.05, 4.69) is 46.3 Å². The van der Waals surface area contributed by atoms with Crippen LogP contribution >= 0.6 is 0 Å². The van der Waals surface area contributed by atoms with Crippen molar-refractivity contribution < 1.29 is 14.7 Å². The summed E-state index contributed by atoms with van der Waals surface area (Å²) in [7, 11) is 0. The molecule has 1 aliphatic rings. The zero-order chi connectivity index (χ0) is 19.2. The van der Waals surface area contributed by atoms with Gasteiger partial charge in [0.2, 0.25) is 5.91 Å². The van der Waals surface area contributed by atoms with Crippen molar-refractivity contribution in [1.29, 1.82) is 0 Å². The summed E-state index contributed by atoms with van der Waals surface area (Å²) in [5, 5.41) is 12.9. The van der Waals surface area contributed by atoms with Crippen LogP contribution in [0.5, 0.6) is 0 Å². The third-order valence-electron chi connectivity index (χ3n) is 4.52. The number of aryl methyl sites for hydroxylation is 1. The van der Waals surface area contributed by atoms with Crippen LogP contribution in [0.4, 0.5) is 17.1 Å². The molecule has 1 aliphatic heterocycles. The molecule has 6 heteroatoms. The maximum atomic E-state index is 11.6. The first kappa shape index (κ1) is 18.5. The van der Waals surface area contributed by atoms with Crippen LogP contribution in [-0.2, 0) is 9.59 Å². The standard InChI is InChI=1S/C21H23N3O3/c1-16-3-2-4-19(15-16)24-13-11-23(12-14-24)18-7-5-17(6-8-18)22-20(25)9-10-21(26)27/h2-10,15H,11-14H2,1H3,(H,22,25)(H,26,27)/p-1/b10-9-. The van der Waals surface area contributed by atoms with E-state index in [0.717, 1.165) is 37.9 Å². The Labute approximate surface area is 158 Å². The van der Waals surface area contributed by atoms with Gasteiger partial charge < -0.3 is 25.0 Å². The molecule has 0 saturated carbocycles. The number of aliphatic carboxylic acids is 1. The molecule has 0 radical (unpaired) electrons. The highest BCUT2D eigenvalue weighted by Crippen LogP contribution is 2.22. The highest BCUT2D eigenvalue weighted by atomic mass is 16.4. The molecule has 2 aromatic rings. The van der Waals surface area contributed by atoms with Crippen LogP contribution in [0.2, 0.25) is 0 Å². The molecular weight excluding hydrogens is 342 g/mol. The van der Waals surface area contributed by atoms with E-state index in [0.29, 0.717) is 11.8 Å². The van der Waals surface area contributed by atoms with Crippen molar-refractivity contribution in [2.24, 2.45) is 0 Å². The van der Waals surface area contributed by atoms with E-state index in [1.807, 2.05) is 24.3 Å². The first-order valence-electron chi connectivity index (χ1n) is 8.88. The maximum absolute atomic E-state index is 11.6. The number of hydrogen-bond acceptors (Lipinski definition) is 5. The van der Waals surface area contributed by atoms with Gasteiger partial charge in [-0.3, -0.25) is 4.79 Å². The smallest absolute Gasteiger partial charge is 0.248 e. The number of nitrogens with zero attached hydrogens (tertiary/aromatic N) is 2. The number of nitrogens with one attached hydrogen (secondary N) is 1. The van der Waals surface area contributed by atoms with Crippen LogP contribution in [0.15, 0.2) is 60.7 Å². The molecule has 0 spiro atoms. The van der Waals surface area contributed by atoms with Gasteiger partial charge in [0.25, 0.3) is 0 Å². The van der Waals surface area contributed by atoms with Crippen molar-refractivity contribution >= 4 is 28.9 Å². The lowest BCUT2D eigenvalue weighted by Crippen LogP contribution is -2.46. The fraction of sp³-hybridized carbons (Fsp3) is 0.238. The minimum absolute atomic E-state index is 0.501. The Morgan fingerprint density at radius 3 is 2.15 bits per heavy atom. The molecule has 27 heavy (non-hydrogen) atoms. The summed E-state index contributed by atoms with van der Waals surface area (Å²) in [5.41, 5.74) is 4.24. The molecular formula is C21H22N3O3-. The molecule has 0 aliphatic carbocycles. The molecule has 1 fully saturated rings. The fourth-order valence-electron chi connectivity index (χ4n) is 3.13. The van der Waals surface area contributed by atoms with Crippen molar-refractivity contribution in [2.75, 3.05) is 41.3 Å². The molecule has 3 rings (SSSR count). The zero-order valence-corrected chi connectivity index (χ0v) is 15.2. The summed E-state index contributed by atoms with van der Waals surface area (Å²) in [6, 6.07) is 16.1. The molecule has 1 heterocycles. The molecule has 1 amide bonds. The second kappa shape index (κ2) is 8.40. The Balaban J connectivity index is 1.55. The summed E-state index contributed by atoms with van der Waals surface area (Å²) in [4.78, 5) is 26.6. The molecule has 0 unspecified atom stereocenters. The first-order chi connectivity index (χ1) is 13.0. The summed E-state index contributed by atoms with van der Waals surface area (Å²) in [6.45, 7) is 5.86. The second-order valence-electron chi connectivity index (χ2n) is 6.50. The average molecular weight is 364 g/mol. The van der Waals surface area contributed by atoms with E-state index in [1.54, 1.807) is 0 Å². The number of carboxylic acid groups (broad SMARTS) is 1. The van der Waals surface area contributed by atoms with Crippen LogP contribution < -0.4 is 20.2 Å². The number of carbonyl (C=O) groups excluding carboxylic acids is 2. The Morgan fingerprint density at radius 1 is 0.926 bits per heavy atom. The van der Waals surface area contributed by atoms with Gasteiger partial charge in [0.05, 0.1) is 5.97 Å². The summed E-state index contributed by atoms with van der Waals surface area (Å²) in [5.74, 6) is -1.90. The van der Waals surface area contributed by atoms with Gasteiger partial charge >= 0.3 is 0 Å². The van der Waals surface area contributed by atoms with Crippen molar-refractivity contribution in [1.82, 2.24) is 0 Å². The summed E-state index contributed by atoms with van der Waals surface area (Å²) >= 11 is 0. The molecule has 140 valence electrons. The van der Waals surface area contributed by atoms with Crippen LogP contribution in [0, 0.1) is 6.92 Å². The van der Waals surface area contributed by atoms with Crippen LogP contribution in [0.3, 0.4) is 0 Å². The van der Waals surface area contributed by atoms with Gasteiger partial charge in [0.15, 0.2) is 0 Å². The number of piperazine rings is 1.